The van der Waals surface area contributed by atoms with Gasteiger partial charge in [-0.2, -0.15) is 0 Å². The number of sulfonamides is 1. The van der Waals surface area contributed by atoms with E-state index in [4.69, 9.17) is 16.3 Å². The zero-order chi connectivity index (χ0) is 20.9. The van der Waals surface area contributed by atoms with E-state index in [2.05, 4.69) is 10.0 Å². The van der Waals surface area contributed by atoms with Crippen LogP contribution in [0.2, 0.25) is 5.02 Å². The van der Waals surface area contributed by atoms with Crippen LogP contribution in [-0.2, 0) is 21.2 Å². The summed E-state index contributed by atoms with van der Waals surface area (Å²) in [6, 6.07) is 19.8. The molecule has 0 fully saturated rings. The molecule has 0 radical (unpaired) electrons. The Balaban J connectivity index is 1.82. The molecular weight excluding hydrogens is 412 g/mol. The van der Waals surface area contributed by atoms with Crippen LogP contribution in [-0.4, -0.2) is 21.4 Å². The number of benzene rings is 3. The largest absolute Gasteiger partial charge is 0.495 e. The van der Waals surface area contributed by atoms with Crippen LogP contribution in [0.1, 0.15) is 5.56 Å². The molecule has 3 aromatic carbocycles. The Kier molecular flexibility index (Phi) is 6.41. The first-order chi connectivity index (χ1) is 13.9. The van der Waals surface area contributed by atoms with Gasteiger partial charge in [0, 0.05) is 10.7 Å². The van der Waals surface area contributed by atoms with Crippen LogP contribution < -0.4 is 14.8 Å². The average molecular weight is 431 g/mol. The van der Waals surface area contributed by atoms with E-state index in [1.807, 2.05) is 30.3 Å². The number of carbonyl (C=O) groups is 1. The normalized spacial score (nSPS) is 11.0. The predicted octanol–water partition coefficient (Wildman–Crippen LogP) is 4.33. The van der Waals surface area contributed by atoms with Crippen molar-refractivity contribution in [1.82, 2.24) is 0 Å². The molecule has 3 rings (SSSR count). The van der Waals surface area contributed by atoms with Gasteiger partial charge in [0.25, 0.3) is 10.0 Å². The molecule has 0 atom stereocenters. The van der Waals surface area contributed by atoms with E-state index in [0.29, 0.717) is 16.5 Å². The molecule has 0 aliphatic heterocycles. The molecule has 1 amide bonds. The molecule has 0 aromatic heterocycles. The highest BCUT2D eigenvalue weighted by atomic mass is 35.5. The summed E-state index contributed by atoms with van der Waals surface area (Å²) in [5, 5.41) is 3.22. The lowest BCUT2D eigenvalue weighted by Crippen LogP contribution is -2.17. The van der Waals surface area contributed by atoms with E-state index in [1.165, 1.54) is 25.3 Å². The molecule has 0 saturated heterocycles. The lowest BCUT2D eigenvalue weighted by molar-refractivity contribution is -0.115. The number of rotatable bonds is 7. The maximum atomic E-state index is 12.7. The Morgan fingerprint density at radius 2 is 1.69 bits per heavy atom. The highest BCUT2D eigenvalue weighted by Crippen LogP contribution is 2.29. The molecular formula is C21H19ClN2O4S. The van der Waals surface area contributed by atoms with Crippen molar-refractivity contribution in [3.63, 3.8) is 0 Å². The average Bonchev–Trinajstić information content (AvgIpc) is 2.70. The van der Waals surface area contributed by atoms with Gasteiger partial charge in [0.2, 0.25) is 5.91 Å². The van der Waals surface area contributed by atoms with Crippen LogP contribution in [0.5, 0.6) is 5.75 Å². The number of carbonyl (C=O) groups excluding carboxylic acids is 1. The molecule has 0 saturated carbocycles. The first kappa shape index (κ1) is 20.7. The SMILES string of the molecule is COc1ccc(S(=O)(=O)Nc2ccc(Cl)cc2)cc1NC(=O)Cc1ccccc1. The van der Waals surface area contributed by atoms with Crippen molar-refractivity contribution in [3.8, 4) is 5.75 Å². The Labute approximate surface area is 174 Å². The fraction of sp³-hybridized carbons (Fsp3) is 0.0952. The molecule has 6 nitrogen and oxygen atoms in total. The first-order valence-corrected chi connectivity index (χ1v) is 10.5. The van der Waals surface area contributed by atoms with Crippen molar-refractivity contribution in [2.75, 3.05) is 17.1 Å². The zero-order valence-corrected chi connectivity index (χ0v) is 17.1. The van der Waals surface area contributed by atoms with Gasteiger partial charge in [-0.3, -0.25) is 9.52 Å². The Hall–Kier alpha value is -3.03. The number of methoxy groups -OCH3 is 1. The highest BCUT2D eigenvalue weighted by Gasteiger charge is 2.18. The van der Waals surface area contributed by atoms with Gasteiger partial charge in [-0.1, -0.05) is 41.9 Å². The van der Waals surface area contributed by atoms with E-state index in [-0.39, 0.29) is 22.9 Å². The second kappa shape index (κ2) is 8.98. The quantitative estimate of drug-likeness (QED) is 0.584. The van der Waals surface area contributed by atoms with E-state index in [0.717, 1.165) is 5.56 Å². The number of hydrogen-bond donors (Lipinski definition) is 2. The van der Waals surface area contributed by atoms with E-state index in [9.17, 15) is 13.2 Å². The third-order valence-corrected chi connectivity index (χ3v) is 5.69. The zero-order valence-electron chi connectivity index (χ0n) is 15.6. The lowest BCUT2D eigenvalue weighted by Gasteiger charge is -2.13. The lowest BCUT2D eigenvalue weighted by atomic mass is 10.1. The number of anilines is 2. The summed E-state index contributed by atoms with van der Waals surface area (Å²) in [5.41, 5.74) is 1.49. The van der Waals surface area contributed by atoms with Crippen LogP contribution in [0.4, 0.5) is 11.4 Å². The summed E-state index contributed by atoms with van der Waals surface area (Å²) in [7, 11) is -2.42. The van der Waals surface area contributed by atoms with Crippen molar-refractivity contribution in [2.45, 2.75) is 11.3 Å². The van der Waals surface area contributed by atoms with Gasteiger partial charge in [0.15, 0.2) is 0 Å². The van der Waals surface area contributed by atoms with Crippen LogP contribution in [0.25, 0.3) is 0 Å². The van der Waals surface area contributed by atoms with Gasteiger partial charge >= 0.3 is 0 Å². The molecule has 2 N–H and O–H groups in total. The Morgan fingerprint density at radius 1 is 1.00 bits per heavy atom. The number of hydrogen-bond acceptors (Lipinski definition) is 4. The maximum Gasteiger partial charge on any atom is 0.261 e. The van der Waals surface area contributed by atoms with Crippen molar-refractivity contribution >= 4 is 38.9 Å². The van der Waals surface area contributed by atoms with Crippen LogP contribution in [0.3, 0.4) is 0 Å². The first-order valence-electron chi connectivity index (χ1n) is 8.67. The summed E-state index contributed by atoms with van der Waals surface area (Å²) in [5.74, 6) is 0.0755. The fourth-order valence-electron chi connectivity index (χ4n) is 2.66. The third-order valence-electron chi connectivity index (χ3n) is 4.06. The minimum atomic E-state index is -3.87. The summed E-state index contributed by atoms with van der Waals surface area (Å²) in [6.07, 6.45) is 0.157. The monoisotopic (exact) mass is 430 g/mol. The van der Waals surface area contributed by atoms with Crippen LogP contribution in [0.15, 0.2) is 77.7 Å². The highest BCUT2D eigenvalue weighted by molar-refractivity contribution is 7.92. The minimum absolute atomic E-state index is 0.0109. The standard InChI is InChI=1S/C21H19ClN2O4S/c1-28-20-12-11-18(29(26,27)24-17-9-7-16(22)8-10-17)14-19(20)23-21(25)13-15-5-3-2-4-6-15/h2-12,14,24H,13H2,1H3,(H,23,25). The second-order valence-electron chi connectivity index (χ2n) is 6.19. The molecule has 0 aliphatic carbocycles. The van der Waals surface area contributed by atoms with Crippen LogP contribution in [0, 0.1) is 0 Å². The van der Waals surface area contributed by atoms with Crippen molar-refractivity contribution < 1.29 is 17.9 Å². The van der Waals surface area contributed by atoms with Crippen molar-refractivity contribution in [1.29, 1.82) is 0 Å². The number of ether oxygens (including phenoxy) is 1. The number of halogens is 1. The fourth-order valence-corrected chi connectivity index (χ4v) is 3.87. The van der Waals surface area contributed by atoms with Gasteiger partial charge in [-0.05, 0) is 48.0 Å². The molecule has 8 heteroatoms. The molecule has 0 aliphatic rings. The molecule has 150 valence electrons. The molecule has 0 bridgehead atoms. The summed E-state index contributed by atoms with van der Waals surface area (Å²) < 4.78 is 33.2. The minimum Gasteiger partial charge on any atom is -0.495 e. The van der Waals surface area contributed by atoms with E-state index < -0.39 is 10.0 Å². The van der Waals surface area contributed by atoms with Gasteiger partial charge in [0.05, 0.1) is 24.1 Å². The number of amides is 1. The Morgan fingerprint density at radius 3 is 2.34 bits per heavy atom. The van der Waals surface area contributed by atoms with Gasteiger partial charge in [0.1, 0.15) is 5.75 Å². The molecule has 3 aromatic rings. The van der Waals surface area contributed by atoms with E-state index in [1.54, 1.807) is 24.3 Å². The van der Waals surface area contributed by atoms with Crippen molar-refractivity contribution in [3.05, 3.63) is 83.4 Å². The van der Waals surface area contributed by atoms with Gasteiger partial charge < -0.3 is 10.1 Å². The molecule has 0 unspecified atom stereocenters. The van der Waals surface area contributed by atoms with Gasteiger partial charge in [-0.25, -0.2) is 8.42 Å². The van der Waals surface area contributed by atoms with E-state index >= 15 is 0 Å². The molecule has 0 heterocycles. The smallest absolute Gasteiger partial charge is 0.261 e. The van der Waals surface area contributed by atoms with Gasteiger partial charge in [-0.15, -0.1) is 0 Å². The third kappa shape index (κ3) is 5.49. The van der Waals surface area contributed by atoms with Crippen molar-refractivity contribution in [2.24, 2.45) is 0 Å². The number of nitrogens with one attached hydrogen (secondary N) is 2. The summed E-state index contributed by atoms with van der Waals surface area (Å²) >= 11 is 5.83. The second-order valence-corrected chi connectivity index (χ2v) is 8.30. The Bertz CT molecular complexity index is 1100. The summed E-state index contributed by atoms with van der Waals surface area (Å²) in [4.78, 5) is 12.4. The predicted molar refractivity (Wildman–Crippen MR) is 114 cm³/mol. The topological polar surface area (TPSA) is 84.5 Å². The maximum absolute atomic E-state index is 12.7. The van der Waals surface area contributed by atoms with Crippen LogP contribution >= 0.6 is 11.6 Å². The molecule has 0 spiro atoms. The molecule has 29 heavy (non-hydrogen) atoms. The summed E-state index contributed by atoms with van der Waals surface area (Å²) in [6.45, 7) is 0.